The summed E-state index contributed by atoms with van der Waals surface area (Å²) in [4.78, 5) is 37.4. The second-order valence-corrected chi connectivity index (χ2v) is 7.31. The first-order chi connectivity index (χ1) is 14.7. The molecule has 0 saturated carbocycles. The Morgan fingerprint density at radius 3 is 2.55 bits per heavy atom. The van der Waals surface area contributed by atoms with Gasteiger partial charge in [0, 0.05) is 24.2 Å². The van der Waals surface area contributed by atoms with Crippen molar-refractivity contribution in [2.45, 2.75) is 26.0 Å². The largest absolute Gasteiger partial charge is 0.508 e. The van der Waals surface area contributed by atoms with Crippen LogP contribution in [0.5, 0.6) is 5.75 Å². The summed E-state index contributed by atoms with van der Waals surface area (Å²) in [5, 5.41) is 31.9. The lowest BCUT2D eigenvalue weighted by molar-refractivity contribution is -0.384. The highest BCUT2D eigenvalue weighted by Crippen LogP contribution is 2.40. The van der Waals surface area contributed by atoms with Gasteiger partial charge in [0.1, 0.15) is 11.5 Å². The molecule has 1 aliphatic rings. The summed E-state index contributed by atoms with van der Waals surface area (Å²) < 4.78 is 5.51. The van der Waals surface area contributed by atoms with Crippen LogP contribution in [0.4, 0.5) is 5.69 Å². The third-order valence-corrected chi connectivity index (χ3v) is 4.84. The summed E-state index contributed by atoms with van der Waals surface area (Å²) in [6.45, 7) is 3.91. The maximum absolute atomic E-state index is 12.9. The lowest BCUT2D eigenvalue weighted by Crippen LogP contribution is -2.33. The Bertz CT molecular complexity index is 1060. The molecule has 2 N–H and O–H groups in total. The first-order valence-electron chi connectivity index (χ1n) is 9.64. The van der Waals surface area contributed by atoms with Gasteiger partial charge in [-0.15, -0.1) is 0 Å². The van der Waals surface area contributed by atoms with Gasteiger partial charge in [0.15, 0.2) is 0 Å². The van der Waals surface area contributed by atoms with Crippen LogP contribution in [0.3, 0.4) is 0 Å². The number of Topliss-reactive ketones (excluding diaryl/α,β-unsaturated/α-hetero) is 1. The number of hydrogen-bond donors (Lipinski definition) is 2. The van der Waals surface area contributed by atoms with Gasteiger partial charge in [-0.2, -0.15) is 0 Å². The zero-order valence-electron chi connectivity index (χ0n) is 17.0. The molecule has 1 atom stereocenters. The number of aromatic hydroxyl groups is 1. The number of aliphatic hydroxyl groups is 1. The van der Waals surface area contributed by atoms with Gasteiger partial charge >= 0.3 is 0 Å². The molecule has 9 heteroatoms. The number of ether oxygens (including phenoxy) is 1. The SMILES string of the molecule is CC(C)OCCN1C(=O)C(=O)/C(=C(\O)c2cccc([N+](=O)[O-])c2)C1c1cccc(O)c1. The van der Waals surface area contributed by atoms with Crippen molar-refractivity contribution in [2.75, 3.05) is 13.2 Å². The molecule has 0 aliphatic carbocycles. The standard InChI is InChI=1S/C22H22N2O7/c1-13(2)31-10-9-23-19(14-5-4-8-17(25)12-14)18(21(27)22(23)28)20(26)15-6-3-7-16(11-15)24(29)30/h3-8,11-13,19,25-26H,9-10H2,1-2H3/b20-18-. The van der Waals surface area contributed by atoms with Gasteiger partial charge in [0.2, 0.25) is 0 Å². The second-order valence-electron chi connectivity index (χ2n) is 7.31. The van der Waals surface area contributed by atoms with Crippen molar-refractivity contribution >= 4 is 23.1 Å². The summed E-state index contributed by atoms with van der Waals surface area (Å²) in [5.74, 6) is -2.34. The average Bonchev–Trinajstić information content (AvgIpc) is 2.98. The van der Waals surface area contributed by atoms with Crippen LogP contribution in [0.25, 0.3) is 5.76 Å². The monoisotopic (exact) mass is 426 g/mol. The van der Waals surface area contributed by atoms with E-state index >= 15 is 0 Å². The summed E-state index contributed by atoms with van der Waals surface area (Å²) in [5.41, 5.74) is -0.0235. The van der Waals surface area contributed by atoms with Crippen LogP contribution in [0.15, 0.2) is 54.1 Å². The van der Waals surface area contributed by atoms with Crippen LogP contribution in [0, 0.1) is 10.1 Å². The van der Waals surface area contributed by atoms with Crippen molar-refractivity contribution < 1.29 is 29.5 Å². The Morgan fingerprint density at radius 1 is 1.19 bits per heavy atom. The van der Waals surface area contributed by atoms with Gasteiger partial charge in [-0.3, -0.25) is 19.7 Å². The highest BCUT2D eigenvalue weighted by molar-refractivity contribution is 6.46. The van der Waals surface area contributed by atoms with Gasteiger partial charge in [-0.25, -0.2) is 0 Å². The number of non-ortho nitro benzene ring substituents is 1. The Kier molecular flexibility index (Phi) is 6.36. The third kappa shape index (κ3) is 4.56. The molecule has 162 valence electrons. The minimum atomic E-state index is -0.984. The molecule has 31 heavy (non-hydrogen) atoms. The maximum atomic E-state index is 12.9. The van der Waals surface area contributed by atoms with Crippen molar-refractivity contribution in [3.8, 4) is 5.75 Å². The van der Waals surface area contributed by atoms with Gasteiger partial charge in [0.25, 0.3) is 17.4 Å². The van der Waals surface area contributed by atoms with Crippen LogP contribution in [-0.2, 0) is 14.3 Å². The van der Waals surface area contributed by atoms with Crippen molar-refractivity contribution in [1.29, 1.82) is 0 Å². The molecule has 2 aromatic rings. The van der Waals surface area contributed by atoms with Crippen molar-refractivity contribution in [3.63, 3.8) is 0 Å². The molecule has 0 bridgehead atoms. The molecule has 1 saturated heterocycles. The molecule has 2 aromatic carbocycles. The van der Waals surface area contributed by atoms with Gasteiger partial charge in [-0.05, 0) is 31.5 Å². The summed E-state index contributed by atoms with van der Waals surface area (Å²) in [6, 6.07) is 10.2. The number of hydrogen-bond acceptors (Lipinski definition) is 7. The second kappa shape index (κ2) is 8.97. The van der Waals surface area contributed by atoms with E-state index in [0.29, 0.717) is 5.56 Å². The highest BCUT2D eigenvalue weighted by Gasteiger charge is 2.46. The molecule has 0 aromatic heterocycles. The molecule has 1 amide bonds. The Hall–Kier alpha value is -3.72. The number of phenols is 1. The van der Waals surface area contributed by atoms with Crippen molar-refractivity contribution in [3.05, 3.63) is 75.3 Å². The summed E-state index contributed by atoms with van der Waals surface area (Å²) >= 11 is 0. The molecular weight excluding hydrogens is 404 g/mol. The molecule has 1 aliphatic heterocycles. The van der Waals surface area contributed by atoms with Gasteiger partial charge in [0.05, 0.1) is 29.2 Å². The number of benzene rings is 2. The van der Waals surface area contributed by atoms with E-state index in [-0.39, 0.29) is 41.8 Å². The Morgan fingerprint density at radius 2 is 1.90 bits per heavy atom. The smallest absolute Gasteiger partial charge is 0.295 e. The number of aliphatic hydroxyl groups excluding tert-OH is 1. The number of nitro groups is 1. The number of carbonyl (C=O) groups excluding carboxylic acids is 2. The summed E-state index contributed by atoms with van der Waals surface area (Å²) in [7, 11) is 0. The molecule has 1 heterocycles. The minimum Gasteiger partial charge on any atom is -0.508 e. The minimum absolute atomic E-state index is 0.0378. The van der Waals surface area contributed by atoms with Crippen LogP contribution in [-0.4, -0.2) is 51.0 Å². The van der Waals surface area contributed by atoms with Crippen molar-refractivity contribution in [1.82, 2.24) is 4.90 Å². The molecule has 9 nitrogen and oxygen atoms in total. The first-order valence-corrected chi connectivity index (χ1v) is 9.64. The quantitative estimate of drug-likeness (QED) is 0.229. The Labute approximate surface area is 178 Å². The average molecular weight is 426 g/mol. The fraction of sp³-hybridized carbons (Fsp3) is 0.273. The van der Waals surface area contributed by atoms with Crippen LogP contribution in [0.2, 0.25) is 0 Å². The van der Waals surface area contributed by atoms with Crippen molar-refractivity contribution in [2.24, 2.45) is 0 Å². The van der Waals surface area contributed by atoms with E-state index in [9.17, 15) is 29.9 Å². The van der Waals surface area contributed by atoms with Crippen LogP contribution < -0.4 is 0 Å². The maximum Gasteiger partial charge on any atom is 0.295 e. The molecule has 1 unspecified atom stereocenters. The predicted molar refractivity (Wildman–Crippen MR) is 111 cm³/mol. The van der Waals surface area contributed by atoms with E-state index in [2.05, 4.69) is 0 Å². The Balaban J connectivity index is 2.12. The van der Waals surface area contributed by atoms with E-state index in [1.807, 2.05) is 13.8 Å². The molecule has 1 fully saturated rings. The van der Waals surface area contributed by atoms with Crippen LogP contribution >= 0.6 is 0 Å². The molecular formula is C22H22N2O7. The number of likely N-dealkylation sites (tertiary alicyclic amines) is 1. The number of nitrogens with zero attached hydrogens (tertiary/aromatic N) is 2. The first kappa shape index (κ1) is 22.0. The number of amides is 1. The van der Waals surface area contributed by atoms with Gasteiger partial charge in [-0.1, -0.05) is 24.3 Å². The summed E-state index contributed by atoms with van der Waals surface area (Å²) in [6.07, 6.45) is -0.0825. The van der Waals surface area contributed by atoms with E-state index < -0.39 is 28.4 Å². The van der Waals surface area contributed by atoms with E-state index in [4.69, 9.17) is 4.74 Å². The zero-order chi connectivity index (χ0) is 22.7. The molecule has 0 spiro atoms. The number of ketones is 1. The fourth-order valence-corrected chi connectivity index (χ4v) is 3.46. The number of carbonyl (C=O) groups is 2. The van der Waals surface area contributed by atoms with E-state index in [0.717, 1.165) is 6.07 Å². The van der Waals surface area contributed by atoms with E-state index in [1.165, 1.54) is 35.2 Å². The zero-order valence-corrected chi connectivity index (χ0v) is 17.0. The highest BCUT2D eigenvalue weighted by atomic mass is 16.6. The fourth-order valence-electron chi connectivity index (χ4n) is 3.46. The van der Waals surface area contributed by atoms with Gasteiger partial charge < -0.3 is 19.8 Å². The normalized spacial score (nSPS) is 18.0. The molecule has 3 rings (SSSR count). The lowest BCUT2D eigenvalue weighted by Gasteiger charge is -2.25. The number of phenolic OH excluding ortho intramolecular Hbond substituents is 1. The number of rotatable bonds is 7. The predicted octanol–water partition coefficient (Wildman–Crippen LogP) is 3.15. The topological polar surface area (TPSA) is 130 Å². The third-order valence-electron chi connectivity index (χ3n) is 4.84. The van der Waals surface area contributed by atoms with E-state index in [1.54, 1.807) is 12.1 Å². The molecule has 0 radical (unpaired) electrons. The van der Waals surface area contributed by atoms with Crippen LogP contribution in [0.1, 0.15) is 31.0 Å². The number of nitro benzene ring substituents is 1. The lowest BCUT2D eigenvalue weighted by atomic mass is 9.95.